The second-order valence-electron chi connectivity index (χ2n) is 4.40. The summed E-state index contributed by atoms with van der Waals surface area (Å²) in [5.41, 5.74) is 4.38. The molecule has 0 saturated carbocycles. The Kier molecular flexibility index (Phi) is 1.72. The minimum atomic E-state index is 0.588. The van der Waals surface area contributed by atoms with Gasteiger partial charge in [0.05, 0.1) is 0 Å². The zero-order valence-corrected chi connectivity index (χ0v) is 9.12. The van der Waals surface area contributed by atoms with Crippen LogP contribution in [0.5, 0.6) is 0 Å². The fourth-order valence-corrected chi connectivity index (χ4v) is 2.45. The molecule has 1 atom stereocenters. The van der Waals surface area contributed by atoms with Crippen molar-refractivity contribution in [2.24, 2.45) is 0 Å². The molecular weight excluding hydrogens is 180 g/mol. The maximum atomic E-state index is 2.34. The molecule has 2 aromatic carbocycles. The first-order chi connectivity index (χ1) is 7.27. The molecule has 1 unspecified atom stereocenters. The van der Waals surface area contributed by atoms with Crippen molar-refractivity contribution in [3.05, 3.63) is 53.1 Å². The second-order valence-corrected chi connectivity index (χ2v) is 4.40. The summed E-state index contributed by atoms with van der Waals surface area (Å²) in [5, 5.41) is 2.73. The second kappa shape index (κ2) is 2.96. The van der Waals surface area contributed by atoms with Gasteiger partial charge in [-0.15, -0.1) is 0 Å². The molecular formula is C15H14. The summed E-state index contributed by atoms with van der Waals surface area (Å²) in [6.45, 7) is 4.51. The van der Waals surface area contributed by atoms with E-state index in [1.807, 2.05) is 0 Å². The predicted molar refractivity (Wildman–Crippen MR) is 66.0 cm³/mol. The lowest BCUT2D eigenvalue weighted by atomic mass is 9.95. The first-order valence-corrected chi connectivity index (χ1v) is 5.47. The molecule has 0 aromatic heterocycles. The standard InChI is InChI=1S/C15H14/c1-10-9-15-13(11(10)2)8-7-12-5-3-4-6-14(12)15/h3-9,11H,1-2H3. The van der Waals surface area contributed by atoms with Crippen LogP contribution in [0.3, 0.4) is 0 Å². The Morgan fingerprint density at radius 1 is 1.00 bits per heavy atom. The van der Waals surface area contributed by atoms with E-state index in [1.54, 1.807) is 0 Å². The lowest BCUT2D eigenvalue weighted by Gasteiger charge is -2.08. The SMILES string of the molecule is CC1=Cc2c(ccc3ccccc23)C1C. The fraction of sp³-hybridized carbons (Fsp3) is 0.200. The zero-order valence-electron chi connectivity index (χ0n) is 9.12. The lowest BCUT2D eigenvalue weighted by molar-refractivity contribution is 0.923. The van der Waals surface area contributed by atoms with E-state index in [2.05, 4.69) is 56.3 Å². The van der Waals surface area contributed by atoms with Crippen LogP contribution in [0.4, 0.5) is 0 Å². The molecule has 0 N–H and O–H groups in total. The van der Waals surface area contributed by atoms with Crippen molar-refractivity contribution in [3.63, 3.8) is 0 Å². The van der Waals surface area contributed by atoms with E-state index in [4.69, 9.17) is 0 Å². The Hall–Kier alpha value is -1.56. The molecule has 0 spiro atoms. The van der Waals surface area contributed by atoms with E-state index in [0.29, 0.717) is 5.92 Å². The monoisotopic (exact) mass is 194 g/mol. The molecule has 0 heterocycles. The van der Waals surface area contributed by atoms with Crippen molar-refractivity contribution in [3.8, 4) is 0 Å². The molecule has 1 aliphatic carbocycles. The van der Waals surface area contributed by atoms with E-state index in [9.17, 15) is 0 Å². The van der Waals surface area contributed by atoms with Crippen molar-refractivity contribution >= 4 is 16.8 Å². The molecule has 15 heavy (non-hydrogen) atoms. The van der Waals surface area contributed by atoms with Crippen LogP contribution in [-0.4, -0.2) is 0 Å². The maximum Gasteiger partial charge on any atom is 0.00265 e. The van der Waals surface area contributed by atoms with Gasteiger partial charge in [0.2, 0.25) is 0 Å². The minimum Gasteiger partial charge on any atom is -0.0655 e. The summed E-state index contributed by atoms with van der Waals surface area (Å²) in [6, 6.07) is 13.1. The highest BCUT2D eigenvalue weighted by Crippen LogP contribution is 2.39. The van der Waals surface area contributed by atoms with Crippen LogP contribution in [0.25, 0.3) is 16.8 Å². The highest BCUT2D eigenvalue weighted by atomic mass is 14.2. The third-order valence-corrected chi connectivity index (χ3v) is 3.53. The van der Waals surface area contributed by atoms with Gasteiger partial charge in [-0.3, -0.25) is 0 Å². The number of hydrogen-bond acceptors (Lipinski definition) is 0. The number of allylic oxidation sites excluding steroid dienone is 1. The molecule has 0 fully saturated rings. The van der Waals surface area contributed by atoms with Crippen LogP contribution in [0.1, 0.15) is 30.9 Å². The molecule has 2 aromatic rings. The van der Waals surface area contributed by atoms with Gasteiger partial charge in [-0.25, -0.2) is 0 Å². The third kappa shape index (κ3) is 1.14. The minimum absolute atomic E-state index is 0.588. The molecule has 0 radical (unpaired) electrons. The number of hydrogen-bond donors (Lipinski definition) is 0. The normalized spacial score (nSPS) is 19.1. The molecule has 0 nitrogen and oxygen atoms in total. The van der Waals surface area contributed by atoms with Gasteiger partial charge in [-0.1, -0.05) is 55.0 Å². The summed E-state index contributed by atoms with van der Waals surface area (Å²) in [4.78, 5) is 0. The van der Waals surface area contributed by atoms with Crippen LogP contribution in [0.15, 0.2) is 42.0 Å². The third-order valence-electron chi connectivity index (χ3n) is 3.53. The number of fused-ring (bicyclic) bond motifs is 3. The predicted octanol–water partition coefficient (Wildman–Crippen LogP) is 4.36. The quantitative estimate of drug-likeness (QED) is 0.584. The first-order valence-electron chi connectivity index (χ1n) is 5.47. The molecule has 0 heteroatoms. The number of rotatable bonds is 0. The van der Waals surface area contributed by atoms with Crippen LogP contribution >= 0.6 is 0 Å². The van der Waals surface area contributed by atoms with Crippen LogP contribution < -0.4 is 0 Å². The Morgan fingerprint density at radius 3 is 2.67 bits per heavy atom. The van der Waals surface area contributed by atoms with Crippen LogP contribution in [0.2, 0.25) is 0 Å². The van der Waals surface area contributed by atoms with Crippen LogP contribution in [0, 0.1) is 0 Å². The zero-order chi connectivity index (χ0) is 10.4. The van der Waals surface area contributed by atoms with Gasteiger partial charge in [0.15, 0.2) is 0 Å². The molecule has 0 aliphatic heterocycles. The Bertz CT molecular complexity index is 561. The van der Waals surface area contributed by atoms with Crippen LogP contribution in [-0.2, 0) is 0 Å². The van der Waals surface area contributed by atoms with Crippen molar-refractivity contribution in [2.45, 2.75) is 19.8 Å². The summed E-state index contributed by atoms with van der Waals surface area (Å²) in [5.74, 6) is 0.588. The van der Waals surface area contributed by atoms with Crippen molar-refractivity contribution in [2.75, 3.05) is 0 Å². The van der Waals surface area contributed by atoms with Gasteiger partial charge in [0.1, 0.15) is 0 Å². The van der Waals surface area contributed by atoms with Crippen molar-refractivity contribution in [1.82, 2.24) is 0 Å². The molecule has 74 valence electrons. The van der Waals surface area contributed by atoms with E-state index >= 15 is 0 Å². The van der Waals surface area contributed by atoms with E-state index < -0.39 is 0 Å². The van der Waals surface area contributed by atoms with E-state index in [0.717, 1.165) is 0 Å². The molecule has 1 aliphatic rings. The average molecular weight is 194 g/mol. The van der Waals surface area contributed by atoms with Gasteiger partial charge in [-0.05, 0) is 28.8 Å². The summed E-state index contributed by atoms with van der Waals surface area (Å²) >= 11 is 0. The lowest BCUT2D eigenvalue weighted by Crippen LogP contribution is -1.90. The molecule has 0 bridgehead atoms. The van der Waals surface area contributed by atoms with Gasteiger partial charge in [0, 0.05) is 5.92 Å². The maximum absolute atomic E-state index is 2.34. The van der Waals surface area contributed by atoms with Gasteiger partial charge in [-0.2, -0.15) is 0 Å². The van der Waals surface area contributed by atoms with Gasteiger partial charge in [0.25, 0.3) is 0 Å². The van der Waals surface area contributed by atoms with Gasteiger partial charge >= 0.3 is 0 Å². The summed E-state index contributed by atoms with van der Waals surface area (Å²) in [6.07, 6.45) is 2.34. The fourth-order valence-electron chi connectivity index (χ4n) is 2.45. The highest BCUT2D eigenvalue weighted by Gasteiger charge is 2.19. The molecule has 0 saturated heterocycles. The van der Waals surface area contributed by atoms with Crippen molar-refractivity contribution in [1.29, 1.82) is 0 Å². The van der Waals surface area contributed by atoms with Gasteiger partial charge < -0.3 is 0 Å². The summed E-state index contributed by atoms with van der Waals surface area (Å²) in [7, 11) is 0. The Balaban J connectivity index is 2.41. The van der Waals surface area contributed by atoms with E-state index in [1.165, 1.54) is 27.5 Å². The van der Waals surface area contributed by atoms with Crippen molar-refractivity contribution < 1.29 is 0 Å². The van der Waals surface area contributed by atoms with E-state index in [-0.39, 0.29) is 0 Å². The Labute approximate surface area is 90.2 Å². The largest absolute Gasteiger partial charge is 0.0655 e. The summed E-state index contributed by atoms with van der Waals surface area (Å²) < 4.78 is 0. The Morgan fingerprint density at radius 2 is 1.80 bits per heavy atom. The average Bonchev–Trinajstić information content (AvgIpc) is 2.56. The number of benzene rings is 2. The molecule has 3 rings (SSSR count). The smallest absolute Gasteiger partial charge is 0.00265 e. The topological polar surface area (TPSA) is 0 Å². The first kappa shape index (κ1) is 8.72. The highest BCUT2D eigenvalue weighted by molar-refractivity contribution is 5.94. The molecule has 0 amide bonds.